The maximum atomic E-state index is 12.9. The lowest BCUT2D eigenvalue weighted by Crippen LogP contribution is -2.30. The number of hydrogen-bond donors (Lipinski definition) is 0. The monoisotopic (exact) mass is 1120 g/mol. The molecule has 1 unspecified atom stereocenters. The predicted octanol–water partition coefficient (Wildman–Crippen LogP) is 24.3. The summed E-state index contributed by atoms with van der Waals surface area (Å²) in [5, 5.41) is 0. The minimum Gasteiger partial charge on any atom is -0.462 e. The Bertz CT molecular complexity index is 1430. The zero-order chi connectivity index (χ0) is 57.8. The zero-order valence-corrected chi connectivity index (χ0v) is 53.6. The number of unbranched alkanes of at least 4 members (excludes halogenated alkanes) is 44. The van der Waals surface area contributed by atoms with Gasteiger partial charge in [0.15, 0.2) is 6.10 Å². The molecule has 80 heavy (non-hydrogen) atoms. The first-order valence-corrected chi connectivity index (χ1v) is 35.3. The van der Waals surface area contributed by atoms with Gasteiger partial charge in [-0.1, -0.05) is 351 Å². The quantitative estimate of drug-likeness (QED) is 0.0261. The van der Waals surface area contributed by atoms with Crippen LogP contribution < -0.4 is 0 Å². The van der Waals surface area contributed by atoms with Crippen LogP contribution >= 0.6 is 0 Å². The van der Waals surface area contributed by atoms with Crippen LogP contribution in [0.5, 0.6) is 0 Å². The van der Waals surface area contributed by atoms with Crippen molar-refractivity contribution in [2.24, 2.45) is 0 Å². The minimum absolute atomic E-state index is 0.0828. The van der Waals surface area contributed by atoms with Gasteiger partial charge in [-0.25, -0.2) is 0 Å². The fourth-order valence-electron chi connectivity index (χ4n) is 10.5. The number of hydrogen-bond acceptors (Lipinski definition) is 6. The second kappa shape index (κ2) is 68.6. The Hall–Kier alpha value is -2.89. The van der Waals surface area contributed by atoms with Crippen LogP contribution in [-0.4, -0.2) is 37.2 Å². The Morgan fingerprint density at radius 1 is 0.263 bits per heavy atom. The topological polar surface area (TPSA) is 78.9 Å². The third kappa shape index (κ3) is 65.9. The molecule has 0 N–H and O–H groups in total. The van der Waals surface area contributed by atoms with Crippen molar-refractivity contribution in [2.75, 3.05) is 13.2 Å². The van der Waals surface area contributed by atoms with Crippen molar-refractivity contribution < 1.29 is 28.6 Å². The molecule has 0 aromatic carbocycles. The first kappa shape index (κ1) is 77.1. The van der Waals surface area contributed by atoms with Crippen LogP contribution in [0.25, 0.3) is 0 Å². The van der Waals surface area contributed by atoms with Gasteiger partial charge in [0.05, 0.1) is 0 Å². The molecule has 0 aromatic rings. The number of allylic oxidation sites excluding steroid dienone is 10. The van der Waals surface area contributed by atoms with Crippen molar-refractivity contribution in [2.45, 2.75) is 380 Å². The Labute approximate surface area is 498 Å². The molecule has 0 aliphatic carbocycles. The molecule has 466 valence electrons. The highest BCUT2D eigenvalue weighted by atomic mass is 16.6. The summed E-state index contributed by atoms with van der Waals surface area (Å²) in [4.78, 5) is 38.4. The van der Waals surface area contributed by atoms with E-state index in [9.17, 15) is 14.4 Å². The molecule has 0 spiro atoms. The van der Waals surface area contributed by atoms with Gasteiger partial charge in [0.1, 0.15) is 13.2 Å². The van der Waals surface area contributed by atoms with Crippen molar-refractivity contribution >= 4 is 17.9 Å². The normalized spacial score (nSPS) is 12.4. The second-order valence-electron chi connectivity index (χ2n) is 23.8. The smallest absolute Gasteiger partial charge is 0.306 e. The third-order valence-corrected chi connectivity index (χ3v) is 15.8. The summed E-state index contributed by atoms with van der Waals surface area (Å²) in [6, 6.07) is 0. The molecule has 0 aliphatic heterocycles. The van der Waals surface area contributed by atoms with Crippen LogP contribution in [0.15, 0.2) is 60.8 Å². The van der Waals surface area contributed by atoms with Crippen LogP contribution in [0.4, 0.5) is 0 Å². The molecule has 0 aromatic heterocycles. The van der Waals surface area contributed by atoms with E-state index >= 15 is 0 Å². The number of ether oxygens (including phenoxy) is 3. The summed E-state index contributed by atoms with van der Waals surface area (Å²) < 4.78 is 17.0. The van der Waals surface area contributed by atoms with Gasteiger partial charge in [-0.2, -0.15) is 0 Å². The van der Waals surface area contributed by atoms with Crippen molar-refractivity contribution in [3.05, 3.63) is 60.8 Å². The Kier molecular flexibility index (Phi) is 66.1. The molecule has 0 amide bonds. The molecular formula is C74H134O6. The average molecular weight is 1120 g/mol. The van der Waals surface area contributed by atoms with E-state index < -0.39 is 6.10 Å². The largest absolute Gasteiger partial charge is 0.462 e. The maximum Gasteiger partial charge on any atom is 0.306 e. The Morgan fingerprint density at radius 3 is 0.762 bits per heavy atom. The van der Waals surface area contributed by atoms with E-state index in [0.717, 1.165) is 96.3 Å². The molecule has 0 heterocycles. The molecule has 6 heteroatoms. The van der Waals surface area contributed by atoms with Crippen LogP contribution in [-0.2, 0) is 28.6 Å². The summed E-state index contributed by atoms with van der Waals surface area (Å²) in [7, 11) is 0. The lowest BCUT2D eigenvalue weighted by molar-refractivity contribution is -0.167. The molecule has 0 saturated heterocycles. The number of rotatable bonds is 65. The lowest BCUT2D eigenvalue weighted by atomic mass is 10.0. The molecule has 0 rings (SSSR count). The Morgan fingerprint density at radius 2 is 0.487 bits per heavy atom. The van der Waals surface area contributed by atoms with E-state index in [1.54, 1.807) is 0 Å². The highest BCUT2D eigenvalue weighted by Crippen LogP contribution is 2.19. The maximum absolute atomic E-state index is 12.9. The van der Waals surface area contributed by atoms with E-state index in [2.05, 4.69) is 81.5 Å². The first-order valence-electron chi connectivity index (χ1n) is 35.3. The van der Waals surface area contributed by atoms with Crippen molar-refractivity contribution in [1.82, 2.24) is 0 Å². The highest BCUT2D eigenvalue weighted by molar-refractivity contribution is 5.71. The van der Waals surface area contributed by atoms with E-state index in [4.69, 9.17) is 14.2 Å². The summed E-state index contributed by atoms with van der Waals surface area (Å²) in [5.41, 5.74) is 0. The lowest BCUT2D eigenvalue weighted by Gasteiger charge is -2.18. The molecule has 0 aliphatic rings. The molecule has 0 saturated carbocycles. The first-order chi connectivity index (χ1) is 39.5. The fraction of sp³-hybridized carbons (Fsp3) is 0.824. The summed E-state index contributed by atoms with van der Waals surface area (Å²) in [6.45, 7) is 6.57. The van der Waals surface area contributed by atoms with Gasteiger partial charge in [-0.3, -0.25) is 14.4 Å². The molecule has 0 bridgehead atoms. The standard InChI is InChI=1S/C74H134O6/c1-4-7-10-13-16-19-22-25-28-31-33-34-35-36-37-38-39-41-43-46-49-52-55-58-61-64-67-73(76)79-70-71(69-78-72(75)66-63-60-57-54-51-48-45-42-30-27-24-21-18-15-12-9-6-3)80-74(77)68-65-62-59-56-53-50-47-44-40-32-29-26-23-20-17-14-11-8-5-2/h8,11,17,20,26,29,40,44,50,53,71H,4-7,9-10,12-16,18-19,21-25,27-28,30-39,41-43,45-49,51-52,54-70H2,1-3H3/b11-8-,20-17-,29-26-,44-40-,53-50-. The zero-order valence-electron chi connectivity index (χ0n) is 53.6. The molecule has 0 fully saturated rings. The third-order valence-electron chi connectivity index (χ3n) is 15.8. The fourth-order valence-corrected chi connectivity index (χ4v) is 10.5. The molecule has 1 atom stereocenters. The van der Waals surface area contributed by atoms with Crippen molar-refractivity contribution in [3.8, 4) is 0 Å². The van der Waals surface area contributed by atoms with Crippen LogP contribution in [0.2, 0.25) is 0 Å². The van der Waals surface area contributed by atoms with Gasteiger partial charge in [0.25, 0.3) is 0 Å². The summed E-state index contributed by atoms with van der Waals surface area (Å²) in [5.74, 6) is -0.889. The molecular weight excluding hydrogens is 985 g/mol. The van der Waals surface area contributed by atoms with E-state index in [1.807, 2.05) is 0 Å². The van der Waals surface area contributed by atoms with Gasteiger partial charge in [0.2, 0.25) is 0 Å². The molecule has 0 radical (unpaired) electrons. The predicted molar refractivity (Wildman–Crippen MR) is 348 cm³/mol. The second-order valence-corrected chi connectivity index (χ2v) is 23.8. The van der Waals surface area contributed by atoms with Gasteiger partial charge in [-0.05, 0) is 64.2 Å². The van der Waals surface area contributed by atoms with Crippen molar-refractivity contribution in [1.29, 1.82) is 0 Å². The number of carbonyl (C=O) groups is 3. The molecule has 6 nitrogen and oxygen atoms in total. The average Bonchev–Trinajstić information content (AvgIpc) is 3.46. The van der Waals surface area contributed by atoms with Gasteiger partial charge in [0, 0.05) is 19.3 Å². The van der Waals surface area contributed by atoms with E-state index in [1.165, 1.54) is 238 Å². The van der Waals surface area contributed by atoms with Gasteiger partial charge < -0.3 is 14.2 Å². The van der Waals surface area contributed by atoms with Crippen molar-refractivity contribution in [3.63, 3.8) is 0 Å². The van der Waals surface area contributed by atoms with Crippen LogP contribution in [0.1, 0.15) is 374 Å². The summed E-state index contributed by atoms with van der Waals surface area (Å²) in [6.07, 6.45) is 88.2. The van der Waals surface area contributed by atoms with E-state index in [0.29, 0.717) is 19.3 Å². The van der Waals surface area contributed by atoms with E-state index in [-0.39, 0.29) is 31.1 Å². The SMILES string of the molecule is CC/C=C\C/C=C\C/C=C\C/C=C\C/C=C\CCCCCC(=O)OC(COC(=O)CCCCCCCCCCCCCCCCCCC)COC(=O)CCCCCCCCCCCCCCCCCCCCCCCCCCCC. The Balaban J connectivity index is 4.31. The highest BCUT2D eigenvalue weighted by Gasteiger charge is 2.19. The van der Waals surface area contributed by atoms with Gasteiger partial charge in [-0.15, -0.1) is 0 Å². The summed E-state index contributed by atoms with van der Waals surface area (Å²) >= 11 is 0. The van der Waals surface area contributed by atoms with Crippen LogP contribution in [0.3, 0.4) is 0 Å². The van der Waals surface area contributed by atoms with Gasteiger partial charge >= 0.3 is 17.9 Å². The number of carbonyl (C=O) groups excluding carboxylic acids is 3. The minimum atomic E-state index is -0.791. The number of esters is 3. The van der Waals surface area contributed by atoms with Crippen LogP contribution in [0, 0.1) is 0 Å².